The van der Waals surface area contributed by atoms with Gasteiger partial charge in [0, 0.05) is 0 Å². The Morgan fingerprint density at radius 1 is 1.70 bits per heavy atom. The molecule has 0 fully saturated rings. The van der Waals surface area contributed by atoms with Crippen LogP contribution in [-0.4, -0.2) is 29.7 Å². The van der Waals surface area contributed by atoms with Gasteiger partial charge in [-0.15, -0.1) is 0 Å². The molecule has 0 aliphatic carbocycles. The first-order valence-corrected chi connectivity index (χ1v) is 3.26. The highest BCUT2D eigenvalue weighted by Crippen LogP contribution is 2.09. The second-order valence-corrected chi connectivity index (χ2v) is 2.88. The fourth-order valence-corrected chi connectivity index (χ4v) is 0.568. The molecule has 10 heavy (non-hydrogen) atoms. The first-order chi connectivity index (χ1) is 4.52. The van der Waals surface area contributed by atoms with Crippen molar-refractivity contribution in [2.24, 2.45) is 0 Å². The van der Waals surface area contributed by atoms with Crippen LogP contribution in [0, 0.1) is 0 Å². The molecule has 0 aromatic carbocycles. The number of aliphatic hydroxyl groups is 1. The van der Waals surface area contributed by atoms with Crippen molar-refractivity contribution < 1.29 is 14.6 Å². The zero-order valence-electron chi connectivity index (χ0n) is 6.63. The first kappa shape index (κ1) is 9.59. The van der Waals surface area contributed by atoms with Gasteiger partial charge in [-0.1, -0.05) is 0 Å². The second-order valence-electron chi connectivity index (χ2n) is 2.88. The predicted octanol–water partition coefficient (Wildman–Crippen LogP) is 0.361. The lowest BCUT2D eigenvalue weighted by Crippen LogP contribution is -2.33. The fraction of sp³-hybridized carbons (Fsp3) is 0.857. The number of aliphatic hydroxyl groups excluding tert-OH is 1. The molecule has 0 rings (SSSR count). The maximum atomic E-state index is 10.1. The van der Waals surface area contributed by atoms with E-state index >= 15 is 0 Å². The number of hydrogen-bond donors (Lipinski definition) is 1. The highest BCUT2D eigenvalue weighted by atomic mass is 16.5. The van der Waals surface area contributed by atoms with E-state index in [0.717, 1.165) is 0 Å². The Morgan fingerprint density at radius 3 is 2.50 bits per heavy atom. The Labute approximate surface area is 61.0 Å². The molecule has 0 heterocycles. The van der Waals surface area contributed by atoms with Gasteiger partial charge >= 0.3 is 0 Å². The molecule has 0 saturated heterocycles. The SMILES string of the molecule is C[C@@H](C=O)OC(C)(C)CO. The van der Waals surface area contributed by atoms with E-state index < -0.39 is 11.7 Å². The van der Waals surface area contributed by atoms with Crippen LogP contribution in [0.25, 0.3) is 0 Å². The van der Waals surface area contributed by atoms with Crippen molar-refractivity contribution in [3.63, 3.8) is 0 Å². The number of ether oxygens (including phenoxy) is 1. The van der Waals surface area contributed by atoms with Gasteiger partial charge in [-0.25, -0.2) is 0 Å². The lowest BCUT2D eigenvalue weighted by molar-refractivity contribution is -0.132. The van der Waals surface area contributed by atoms with E-state index in [4.69, 9.17) is 9.84 Å². The first-order valence-electron chi connectivity index (χ1n) is 3.26. The summed E-state index contributed by atoms with van der Waals surface area (Å²) in [6.45, 7) is 5.02. The number of hydrogen-bond acceptors (Lipinski definition) is 3. The average Bonchev–Trinajstić information content (AvgIpc) is 1.87. The van der Waals surface area contributed by atoms with E-state index in [-0.39, 0.29) is 6.61 Å². The van der Waals surface area contributed by atoms with E-state index in [1.165, 1.54) is 0 Å². The standard InChI is InChI=1S/C7H14O3/c1-6(4-8)10-7(2,3)5-9/h4,6,9H,5H2,1-3H3/t6-/m0/s1. The van der Waals surface area contributed by atoms with Crippen LogP contribution in [0.3, 0.4) is 0 Å². The summed E-state index contributed by atoms with van der Waals surface area (Å²) in [5.74, 6) is 0. The quantitative estimate of drug-likeness (QED) is 0.582. The monoisotopic (exact) mass is 146 g/mol. The zero-order valence-corrected chi connectivity index (χ0v) is 6.63. The second kappa shape index (κ2) is 3.68. The van der Waals surface area contributed by atoms with Gasteiger partial charge < -0.3 is 14.6 Å². The molecule has 0 unspecified atom stereocenters. The van der Waals surface area contributed by atoms with Crippen LogP contribution < -0.4 is 0 Å². The van der Waals surface area contributed by atoms with Gasteiger partial charge in [-0.3, -0.25) is 0 Å². The summed E-state index contributed by atoms with van der Waals surface area (Å²) in [4.78, 5) is 10.1. The summed E-state index contributed by atoms with van der Waals surface area (Å²) in [7, 11) is 0. The lowest BCUT2D eigenvalue weighted by Gasteiger charge is -2.24. The third kappa shape index (κ3) is 3.58. The largest absolute Gasteiger partial charge is 0.393 e. The Balaban J connectivity index is 3.75. The van der Waals surface area contributed by atoms with Crippen molar-refractivity contribution in [1.29, 1.82) is 0 Å². The molecule has 0 saturated carbocycles. The van der Waals surface area contributed by atoms with Crippen LogP contribution in [-0.2, 0) is 9.53 Å². The van der Waals surface area contributed by atoms with E-state index in [2.05, 4.69) is 0 Å². The molecular formula is C7H14O3. The summed E-state index contributed by atoms with van der Waals surface area (Å²) in [5.41, 5.74) is -0.611. The van der Waals surface area contributed by atoms with Gasteiger partial charge in [-0.05, 0) is 20.8 Å². The van der Waals surface area contributed by atoms with Gasteiger partial charge in [0.1, 0.15) is 12.4 Å². The smallest absolute Gasteiger partial charge is 0.148 e. The van der Waals surface area contributed by atoms with E-state index in [0.29, 0.717) is 6.29 Å². The molecule has 0 amide bonds. The van der Waals surface area contributed by atoms with Gasteiger partial charge in [0.15, 0.2) is 0 Å². The minimum absolute atomic E-state index is 0.0782. The van der Waals surface area contributed by atoms with Crippen LogP contribution in [0.5, 0.6) is 0 Å². The molecule has 0 aromatic rings. The summed E-state index contributed by atoms with van der Waals surface area (Å²) in [6, 6.07) is 0. The molecule has 3 nitrogen and oxygen atoms in total. The summed E-state index contributed by atoms with van der Waals surface area (Å²) in [5, 5.41) is 8.70. The average molecular weight is 146 g/mol. The molecule has 1 N–H and O–H groups in total. The normalized spacial score (nSPS) is 14.8. The fourth-order valence-electron chi connectivity index (χ4n) is 0.568. The molecular weight excluding hydrogens is 132 g/mol. The zero-order chi connectivity index (χ0) is 8.20. The van der Waals surface area contributed by atoms with Gasteiger partial charge in [0.2, 0.25) is 0 Å². The topological polar surface area (TPSA) is 46.5 Å². The third-order valence-electron chi connectivity index (χ3n) is 1.08. The number of carbonyl (C=O) groups is 1. The lowest BCUT2D eigenvalue weighted by atomic mass is 10.1. The van der Waals surface area contributed by atoms with Crippen molar-refractivity contribution in [3.05, 3.63) is 0 Å². The number of rotatable bonds is 4. The highest BCUT2D eigenvalue weighted by molar-refractivity contribution is 5.55. The molecule has 3 heteroatoms. The number of carbonyl (C=O) groups excluding carboxylic acids is 1. The predicted molar refractivity (Wildman–Crippen MR) is 37.8 cm³/mol. The molecule has 0 bridgehead atoms. The van der Waals surface area contributed by atoms with Gasteiger partial charge in [0.05, 0.1) is 12.2 Å². The van der Waals surface area contributed by atoms with Crippen molar-refractivity contribution in [2.75, 3.05) is 6.61 Å². The van der Waals surface area contributed by atoms with Crippen LogP contribution >= 0.6 is 0 Å². The van der Waals surface area contributed by atoms with Crippen LogP contribution in [0.1, 0.15) is 20.8 Å². The van der Waals surface area contributed by atoms with Crippen molar-refractivity contribution in [1.82, 2.24) is 0 Å². The third-order valence-corrected chi connectivity index (χ3v) is 1.08. The minimum atomic E-state index is -0.611. The molecule has 0 aliphatic heterocycles. The Morgan fingerprint density at radius 2 is 2.20 bits per heavy atom. The Kier molecular flexibility index (Phi) is 3.53. The van der Waals surface area contributed by atoms with Crippen molar-refractivity contribution in [3.8, 4) is 0 Å². The summed E-state index contributed by atoms with van der Waals surface area (Å²) >= 11 is 0. The van der Waals surface area contributed by atoms with Crippen LogP contribution in [0.2, 0.25) is 0 Å². The summed E-state index contributed by atoms with van der Waals surface area (Å²) < 4.78 is 5.12. The minimum Gasteiger partial charge on any atom is -0.393 e. The van der Waals surface area contributed by atoms with Gasteiger partial charge in [-0.2, -0.15) is 0 Å². The maximum absolute atomic E-state index is 10.1. The van der Waals surface area contributed by atoms with Crippen LogP contribution in [0.15, 0.2) is 0 Å². The Bertz CT molecular complexity index is 109. The molecule has 0 radical (unpaired) electrons. The number of aldehydes is 1. The molecule has 1 atom stereocenters. The molecule has 0 spiro atoms. The van der Waals surface area contributed by atoms with Crippen molar-refractivity contribution >= 4 is 6.29 Å². The molecule has 0 aromatic heterocycles. The maximum Gasteiger partial charge on any atom is 0.148 e. The van der Waals surface area contributed by atoms with E-state index in [9.17, 15) is 4.79 Å². The molecule has 0 aliphatic rings. The van der Waals surface area contributed by atoms with E-state index in [1.54, 1.807) is 20.8 Å². The molecule has 60 valence electrons. The van der Waals surface area contributed by atoms with Crippen LogP contribution in [0.4, 0.5) is 0 Å². The highest BCUT2D eigenvalue weighted by Gasteiger charge is 2.19. The Hall–Kier alpha value is -0.410. The summed E-state index contributed by atoms with van der Waals surface area (Å²) in [6.07, 6.45) is 0.263. The van der Waals surface area contributed by atoms with Crippen molar-refractivity contribution in [2.45, 2.75) is 32.5 Å². The van der Waals surface area contributed by atoms with Gasteiger partial charge in [0.25, 0.3) is 0 Å². The van der Waals surface area contributed by atoms with E-state index in [1.807, 2.05) is 0 Å².